The van der Waals surface area contributed by atoms with Crippen LogP contribution in [0.4, 0.5) is 9.59 Å². The van der Waals surface area contributed by atoms with Crippen LogP contribution in [0.2, 0.25) is 0 Å². The van der Waals surface area contributed by atoms with Gasteiger partial charge in [0.25, 0.3) is 0 Å². The van der Waals surface area contributed by atoms with Gasteiger partial charge in [-0.05, 0) is 82.1 Å². The summed E-state index contributed by atoms with van der Waals surface area (Å²) in [5, 5.41) is 2.92. The first kappa shape index (κ1) is 28.2. The van der Waals surface area contributed by atoms with Gasteiger partial charge in [0.2, 0.25) is 5.12 Å². The predicted octanol–water partition coefficient (Wildman–Crippen LogP) is 6.72. The van der Waals surface area contributed by atoms with Crippen molar-refractivity contribution >= 4 is 39.8 Å². The van der Waals surface area contributed by atoms with E-state index in [1.807, 2.05) is 56.3 Å². The van der Waals surface area contributed by atoms with E-state index in [2.05, 4.69) is 5.43 Å². The average molecular weight is 501 g/mol. The highest BCUT2D eigenvalue weighted by molar-refractivity contribution is 8.14. The molecule has 8 heteroatoms. The van der Waals surface area contributed by atoms with E-state index in [1.165, 1.54) is 6.08 Å². The molecule has 190 valence electrons. The fourth-order valence-corrected chi connectivity index (χ4v) is 3.97. The number of hydrazine groups is 1. The van der Waals surface area contributed by atoms with Gasteiger partial charge >= 0.3 is 12.2 Å². The van der Waals surface area contributed by atoms with Crippen molar-refractivity contribution in [3.63, 3.8) is 0 Å². The maximum absolute atomic E-state index is 13.0. The normalized spacial score (nSPS) is 13.1. The van der Waals surface area contributed by atoms with Crippen molar-refractivity contribution in [2.24, 2.45) is 5.92 Å². The molecule has 0 unspecified atom stereocenters. The third kappa shape index (κ3) is 9.28. The van der Waals surface area contributed by atoms with Crippen LogP contribution in [0.5, 0.6) is 0 Å². The molecule has 35 heavy (non-hydrogen) atoms. The van der Waals surface area contributed by atoms with Gasteiger partial charge in [-0.3, -0.25) is 4.79 Å². The Morgan fingerprint density at radius 1 is 0.914 bits per heavy atom. The van der Waals surface area contributed by atoms with Gasteiger partial charge in [-0.25, -0.2) is 20.0 Å². The number of nitrogens with zero attached hydrogens (tertiary/aromatic N) is 1. The molecule has 0 spiro atoms. The van der Waals surface area contributed by atoms with Crippen LogP contribution in [0.1, 0.15) is 55.4 Å². The zero-order chi connectivity index (χ0) is 26.4. The first-order chi connectivity index (χ1) is 16.2. The molecule has 0 aromatic heterocycles. The minimum absolute atomic E-state index is 0.149. The van der Waals surface area contributed by atoms with Crippen molar-refractivity contribution in [2.45, 2.75) is 77.5 Å². The van der Waals surface area contributed by atoms with Crippen LogP contribution in [-0.4, -0.2) is 39.6 Å². The molecule has 1 N–H and O–H groups in total. The zero-order valence-corrected chi connectivity index (χ0v) is 22.6. The molecule has 1 atom stereocenters. The van der Waals surface area contributed by atoms with E-state index in [9.17, 15) is 14.4 Å². The lowest BCUT2D eigenvalue weighted by molar-refractivity contribution is -0.107. The molecule has 2 aromatic carbocycles. The number of carbonyl (C=O) groups excluding carboxylic acids is 3. The third-order valence-electron chi connectivity index (χ3n) is 4.57. The Morgan fingerprint density at radius 2 is 1.51 bits per heavy atom. The van der Waals surface area contributed by atoms with Crippen LogP contribution in [-0.2, 0) is 14.3 Å². The van der Waals surface area contributed by atoms with Crippen molar-refractivity contribution in [2.75, 3.05) is 0 Å². The number of ether oxygens (including phenoxy) is 2. The summed E-state index contributed by atoms with van der Waals surface area (Å²) in [6.45, 7) is 14.2. The number of fused-ring (bicyclic) bond motifs is 1. The van der Waals surface area contributed by atoms with Crippen LogP contribution in [0.25, 0.3) is 10.8 Å². The monoisotopic (exact) mass is 500 g/mol. The SMILES string of the molecule is CC(C)[C@@H](/C=C/C(=O)Sc1cccc2ccccc12)N(NC(=O)OC(C)(C)C)C(=O)OC(C)(C)C. The molecule has 0 aliphatic rings. The summed E-state index contributed by atoms with van der Waals surface area (Å²) in [5.41, 5.74) is 0.970. The van der Waals surface area contributed by atoms with E-state index in [-0.39, 0.29) is 11.0 Å². The van der Waals surface area contributed by atoms with Gasteiger partial charge in [0.05, 0.1) is 6.04 Å². The van der Waals surface area contributed by atoms with Crippen molar-refractivity contribution < 1.29 is 23.9 Å². The van der Waals surface area contributed by atoms with E-state index in [1.54, 1.807) is 47.6 Å². The lowest BCUT2D eigenvalue weighted by Crippen LogP contribution is -2.55. The van der Waals surface area contributed by atoms with Crippen molar-refractivity contribution in [3.05, 3.63) is 54.6 Å². The summed E-state index contributed by atoms with van der Waals surface area (Å²) in [6, 6.07) is 13.0. The number of hydrogen-bond donors (Lipinski definition) is 1. The van der Waals surface area contributed by atoms with Gasteiger partial charge in [0.1, 0.15) is 11.2 Å². The second kappa shape index (κ2) is 11.6. The van der Waals surface area contributed by atoms with Crippen LogP contribution in [0.3, 0.4) is 0 Å². The Labute approximate surface area is 212 Å². The zero-order valence-electron chi connectivity index (χ0n) is 21.7. The number of hydrogen-bond acceptors (Lipinski definition) is 6. The van der Waals surface area contributed by atoms with E-state index < -0.39 is 29.4 Å². The molecule has 2 amide bonds. The highest BCUT2D eigenvalue weighted by atomic mass is 32.2. The Balaban J connectivity index is 2.27. The molecule has 0 radical (unpaired) electrons. The summed E-state index contributed by atoms with van der Waals surface area (Å²) < 4.78 is 10.8. The lowest BCUT2D eigenvalue weighted by atomic mass is 10.0. The first-order valence-corrected chi connectivity index (χ1v) is 12.4. The first-order valence-electron chi connectivity index (χ1n) is 11.6. The highest BCUT2D eigenvalue weighted by Crippen LogP contribution is 2.29. The third-order valence-corrected chi connectivity index (χ3v) is 5.48. The van der Waals surface area contributed by atoms with E-state index in [0.717, 1.165) is 32.4 Å². The summed E-state index contributed by atoms with van der Waals surface area (Å²) in [4.78, 5) is 39.2. The molecular formula is C27H36N2O5S. The molecule has 0 heterocycles. The molecule has 0 saturated heterocycles. The predicted molar refractivity (Wildman–Crippen MR) is 140 cm³/mol. The van der Waals surface area contributed by atoms with Gasteiger partial charge in [0, 0.05) is 4.90 Å². The average Bonchev–Trinajstić information content (AvgIpc) is 2.70. The van der Waals surface area contributed by atoms with Gasteiger partial charge in [-0.15, -0.1) is 0 Å². The quantitative estimate of drug-likeness (QED) is 0.279. The Kier molecular flexibility index (Phi) is 9.38. The minimum atomic E-state index is -0.793. The maximum atomic E-state index is 13.0. The number of amides is 2. The topological polar surface area (TPSA) is 84.9 Å². The van der Waals surface area contributed by atoms with Gasteiger partial charge in [0.15, 0.2) is 0 Å². The van der Waals surface area contributed by atoms with E-state index >= 15 is 0 Å². The number of nitrogens with one attached hydrogen (secondary N) is 1. The Hall–Kier alpha value is -3.00. The van der Waals surface area contributed by atoms with E-state index in [4.69, 9.17) is 9.47 Å². The number of carbonyl (C=O) groups is 3. The van der Waals surface area contributed by atoms with Crippen molar-refractivity contribution in [1.29, 1.82) is 0 Å². The minimum Gasteiger partial charge on any atom is -0.443 e. The lowest BCUT2D eigenvalue weighted by Gasteiger charge is -2.34. The second-order valence-electron chi connectivity index (χ2n) is 10.5. The standard InChI is InChI=1S/C27H36N2O5S/c1-18(2)21(29(25(32)34-27(6,7)8)28-24(31)33-26(3,4)5)16-17-23(30)35-22-15-11-13-19-12-9-10-14-20(19)22/h9-18,21H,1-8H3,(H,28,31)/b17-16+/t21-/m1/s1. The molecule has 0 aliphatic carbocycles. The van der Waals surface area contributed by atoms with Crippen molar-refractivity contribution in [1.82, 2.24) is 10.4 Å². The van der Waals surface area contributed by atoms with Gasteiger partial charge < -0.3 is 9.47 Å². The molecule has 7 nitrogen and oxygen atoms in total. The largest absolute Gasteiger partial charge is 0.443 e. The Bertz CT molecular complexity index is 1080. The fourth-order valence-electron chi connectivity index (χ4n) is 3.16. The molecule has 2 aromatic rings. The van der Waals surface area contributed by atoms with Gasteiger partial charge in [-0.1, -0.05) is 56.3 Å². The van der Waals surface area contributed by atoms with Crippen LogP contribution < -0.4 is 5.43 Å². The number of thioether (sulfide) groups is 1. The van der Waals surface area contributed by atoms with Crippen LogP contribution in [0.15, 0.2) is 59.5 Å². The fraction of sp³-hybridized carbons (Fsp3) is 0.444. The molecule has 0 saturated carbocycles. The maximum Gasteiger partial charge on any atom is 0.429 e. The Morgan fingerprint density at radius 3 is 2.11 bits per heavy atom. The summed E-state index contributed by atoms with van der Waals surface area (Å²) in [6.07, 6.45) is 1.48. The molecule has 2 rings (SSSR count). The summed E-state index contributed by atoms with van der Waals surface area (Å²) in [5.74, 6) is -0.149. The smallest absolute Gasteiger partial charge is 0.429 e. The molecule has 0 fully saturated rings. The van der Waals surface area contributed by atoms with Crippen LogP contribution in [0, 0.1) is 5.92 Å². The van der Waals surface area contributed by atoms with Crippen molar-refractivity contribution in [3.8, 4) is 0 Å². The number of rotatable bonds is 5. The number of benzene rings is 2. The molecular weight excluding hydrogens is 464 g/mol. The molecule has 0 bridgehead atoms. The van der Waals surface area contributed by atoms with Gasteiger partial charge in [-0.2, -0.15) is 0 Å². The summed E-state index contributed by atoms with van der Waals surface area (Å²) >= 11 is 1.11. The van der Waals surface area contributed by atoms with E-state index in [0.29, 0.717) is 0 Å². The van der Waals surface area contributed by atoms with Crippen LogP contribution >= 0.6 is 11.8 Å². The highest BCUT2D eigenvalue weighted by Gasteiger charge is 2.32. The summed E-state index contributed by atoms with van der Waals surface area (Å²) in [7, 11) is 0. The second-order valence-corrected chi connectivity index (χ2v) is 11.5. The molecule has 0 aliphatic heterocycles.